The number of esters is 1. The Hall–Kier alpha value is -3.06. The van der Waals surface area contributed by atoms with E-state index in [9.17, 15) is 9.59 Å². The molecule has 3 rings (SSSR count). The first kappa shape index (κ1) is 22.6. The van der Waals surface area contributed by atoms with E-state index in [-0.39, 0.29) is 18.4 Å². The lowest BCUT2D eigenvalue weighted by atomic mass is 10.0. The summed E-state index contributed by atoms with van der Waals surface area (Å²) in [5, 5.41) is 2.81. The summed E-state index contributed by atoms with van der Waals surface area (Å²) < 4.78 is 16.1. The zero-order valence-corrected chi connectivity index (χ0v) is 18.6. The molecule has 0 spiro atoms. The molecule has 166 valence electrons. The van der Waals surface area contributed by atoms with Crippen LogP contribution in [0.4, 0.5) is 11.4 Å². The molecule has 2 aromatic carbocycles. The van der Waals surface area contributed by atoms with E-state index in [4.69, 9.17) is 14.2 Å². The van der Waals surface area contributed by atoms with Crippen molar-refractivity contribution in [3.8, 4) is 5.75 Å². The normalized spacial score (nSPS) is 13.8. The van der Waals surface area contributed by atoms with Crippen LogP contribution in [-0.4, -0.2) is 51.9 Å². The third-order valence-corrected chi connectivity index (χ3v) is 5.19. The smallest absolute Gasteiger partial charge is 0.340 e. The summed E-state index contributed by atoms with van der Waals surface area (Å²) >= 11 is 0. The van der Waals surface area contributed by atoms with Gasteiger partial charge in [0.05, 0.1) is 31.6 Å². The molecule has 1 N–H and O–H groups in total. The summed E-state index contributed by atoms with van der Waals surface area (Å²) in [4.78, 5) is 26.9. The largest absolute Gasteiger partial charge is 0.483 e. The second kappa shape index (κ2) is 10.3. The molecule has 0 unspecified atom stereocenters. The lowest BCUT2D eigenvalue weighted by molar-refractivity contribution is -0.118. The molecule has 7 heteroatoms. The van der Waals surface area contributed by atoms with Crippen LogP contribution in [0.3, 0.4) is 0 Å². The molecule has 1 heterocycles. The topological polar surface area (TPSA) is 77.1 Å². The van der Waals surface area contributed by atoms with E-state index in [0.717, 1.165) is 16.8 Å². The van der Waals surface area contributed by atoms with Gasteiger partial charge >= 0.3 is 5.97 Å². The molecule has 0 bridgehead atoms. The Morgan fingerprint density at radius 3 is 2.55 bits per heavy atom. The molecule has 7 nitrogen and oxygen atoms in total. The van der Waals surface area contributed by atoms with Gasteiger partial charge in [-0.3, -0.25) is 4.79 Å². The fourth-order valence-corrected chi connectivity index (χ4v) is 3.55. The Labute approximate surface area is 183 Å². The third kappa shape index (κ3) is 5.76. The standard InChI is InChI=1S/C24H30N2O5/c1-16(2)19-7-5-17(3)13-22(19)31-15-23(27)25-18-6-8-21(20(14-18)24(28)29-4)26-9-11-30-12-10-26/h5-8,13-14,16H,9-12,15H2,1-4H3,(H,25,27). The molecule has 0 saturated carbocycles. The molecule has 1 aliphatic rings. The number of carbonyl (C=O) groups is 2. The maximum Gasteiger partial charge on any atom is 0.340 e. The second-order valence-corrected chi connectivity index (χ2v) is 7.86. The number of nitrogens with zero attached hydrogens (tertiary/aromatic N) is 1. The summed E-state index contributed by atoms with van der Waals surface area (Å²) in [6, 6.07) is 11.2. The van der Waals surface area contributed by atoms with Crippen molar-refractivity contribution in [2.45, 2.75) is 26.7 Å². The summed E-state index contributed by atoms with van der Waals surface area (Å²) in [6.45, 7) is 8.63. The minimum absolute atomic E-state index is 0.123. The van der Waals surface area contributed by atoms with E-state index < -0.39 is 5.97 Å². The zero-order chi connectivity index (χ0) is 22.4. The van der Waals surface area contributed by atoms with Crippen molar-refractivity contribution in [1.29, 1.82) is 0 Å². The highest BCUT2D eigenvalue weighted by Crippen LogP contribution is 2.28. The van der Waals surface area contributed by atoms with E-state index in [2.05, 4.69) is 24.1 Å². The second-order valence-electron chi connectivity index (χ2n) is 7.86. The summed E-state index contributed by atoms with van der Waals surface area (Å²) in [5.74, 6) is 0.249. The quantitative estimate of drug-likeness (QED) is 0.680. The van der Waals surface area contributed by atoms with Crippen LogP contribution in [0.2, 0.25) is 0 Å². The van der Waals surface area contributed by atoms with Gasteiger partial charge in [0.25, 0.3) is 5.91 Å². The van der Waals surface area contributed by atoms with E-state index in [1.807, 2.05) is 31.2 Å². The van der Waals surface area contributed by atoms with Crippen LogP contribution in [-0.2, 0) is 14.3 Å². The Morgan fingerprint density at radius 1 is 1.13 bits per heavy atom. The summed E-state index contributed by atoms with van der Waals surface area (Å²) in [7, 11) is 1.35. The highest BCUT2D eigenvalue weighted by molar-refractivity contribution is 5.99. The van der Waals surface area contributed by atoms with Crippen molar-refractivity contribution < 1.29 is 23.8 Å². The first-order valence-electron chi connectivity index (χ1n) is 10.5. The Morgan fingerprint density at radius 2 is 1.87 bits per heavy atom. The van der Waals surface area contributed by atoms with Crippen LogP contribution in [0.15, 0.2) is 36.4 Å². The van der Waals surface area contributed by atoms with Crippen LogP contribution in [0.5, 0.6) is 5.75 Å². The Balaban J connectivity index is 1.71. The van der Waals surface area contributed by atoms with Crippen molar-refractivity contribution in [3.63, 3.8) is 0 Å². The van der Waals surface area contributed by atoms with Gasteiger partial charge in [-0.1, -0.05) is 26.0 Å². The number of anilines is 2. The number of methoxy groups -OCH3 is 1. The average Bonchev–Trinajstić information content (AvgIpc) is 2.77. The molecule has 31 heavy (non-hydrogen) atoms. The van der Waals surface area contributed by atoms with E-state index in [1.165, 1.54) is 7.11 Å². The number of carbonyl (C=O) groups excluding carboxylic acids is 2. The molecule has 2 aromatic rings. The van der Waals surface area contributed by atoms with E-state index in [1.54, 1.807) is 12.1 Å². The third-order valence-electron chi connectivity index (χ3n) is 5.19. The van der Waals surface area contributed by atoms with Crippen molar-refractivity contribution >= 4 is 23.3 Å². The van der Waals surface area contributed by atoms with Gasteiger partial charge in [-0.25, -0.2) is 4.79 Å². The molecule has 1 aliphatic heterocycles. The predicted molar refractivity (Wildman–Crippen MR) is 120 cm³/mol. The molecule has 0 atom stereocenters. The van der Waals surface area contributed by atoms with Crippen LogP contribution in [0.25, 0.3) is 0 Å². The van der Waals surface area contributed by atoms with E-state index >= 15 is 0 Å². The zero-order valence-electron chi connectivity index (χ0n) is 18.6. The molecule has 0 radical (unpaired) electrons. The van der Waals surface area contributed by atoms with Gasteiger partial charge < -0.3 is 24.4 Å². The number of morpholine rings is 1. The first-order valence-corrected chi connectivity index (χ1v) is 10.5. The van der Waals surface area contributed by atoms with Gasteiger partial charge in [0, 0.05) is 18.8 Å². The lowest BCUT2D eigenvalue weighted by Crippen LogP contribution is -2.37. The maximum atomic E-state index is 12.5. The number of hydrogen-bond donors (Lipinski definition) is 1. The molecular weight excluding hydrogens is 396 g/mol. The van der Waals surface area contributed by atoms with Gasteiger partial charge in [0.2, 0.25) is 0 Å². The maximum absolute atomic E-state index is 12.5. The monoisotopic (exact) mass is 426 g/mol. The van der Waals surface area contributed by atoms with Crippen LogP contribution >= 0.6 is 0 Å². The van der Waals surface area contributed by atoms with Gasteiger partial charge in [-0.05, 0) is 48.2 Å². The highest BCUT2D eigenvalue weighted by atomic mass is 16.5. The van der Waals surface area contributed by atoms with Crippen LogP contribution in [0, 0.1) is 6.92 Å². The molecule has 1 fully saturated rings. The average molecular weight is 427 g/mol. The molecule has 1 amide bonds. The van der Waals surface area contributed by atoms with Gasteiger partial charge in [0.1, 0.15) is 5.75 Å². The minimum Gasteiger partial charge on any atom is -0.483 e. The fourth-order valence-electron chi connectivity index (χ4n) is 3.55. The number of hydrogen-bond acceptors (Lipinski definition) is 6. The number of amides is 1. The Kier molecular flexibility index (Phi) is 7.52. The van der Waals surface area contributed by atoms with Gasteiger partial charge in [-0.15, -0.1) is 0 Å². The van der Waals surface area contributed by atoms with Crippen LogP contribution < -0.4 is 15.0 Å². The van der Waals surface area contributed by atoms with E-state index in [0.29, 0.717) is 43.3 Å². The van der Waals surface area contributed by atoms with Crippen molar-refractivity contribution in [2.24, 2.45) is 0 Å². The lowest BCUT2D eigenvalue weighted by Gasteiger charge is -2.30. The Bertz CT molecular complexity index is 936. The summed E-state index contributed by atoms with van der Waals surface area (Å²) in [6.07, 6.45) is 0. The minimum atomic E-state index is -0.449. The van der Waals surface area contributed by atoms with Crippen LogP contribution in [0.1, 0.15) is 41.3 Å². The van der Waals surface area contributed by atoms with Crippen molar-refractivity contribution in [1.82, 2.24) is 0 Å². The highest BCUT2D eigenvalue weighted by Gasteiger charge is 2.20. The molecular formula is C24H30N2O5. The first-order chi connectivity index (χ1) is 14.9. The number of nitrogens with one attached hydrogen (secondary N) is 1. The van der Waals surface area contributed by atoms with Crippen molar-refractivity contribution in [3.05, 3.63) is 53.1 Å². The number of rotatable bonds is 7. The fraction of sp³-hybridized carbons (Fsp3) is 0.417. The predicted octanol–water partition coefficient (Wildman–Crippen LogP) is 3.76. The summed E-state index contributed by atoms with van der Waals surface area (Å²) in [5.41, 5.74) is 3.82. The van der Waals surface area contributed by atoms with Gasteiger partial charge in [-0.2, -0.15) is 0 Å². The van der Waals surface area contributed by atoms with Gasteiger partial charge in [0.15, 0.2) is 6.61 Å². The molecule has 0 aliphatic carbocycles. The molecule has 0 aromatic heterocycles. The number of aryl methyl sites for hydroxylation is 1. The SMILES string of the molecule is COC(=O)c1cc(NC(=O)COc2cc(C)ccc2C(C)C)ccc1N1CCOCC1. The number of benzene rings is 2. The number of ether oxygens (including phenoxy) is 3. The van der Waals surface area contributed by atoms with Crippen molar-refractivity contribution in [2.75, 3.05) is 50.2 Å². The molecule has 1 saturated heterocycles.